The van der Waals surface area contributed by atoms with Crippen LogP contribution >= 0.6 is 11.3 Å². The van der Waals surface area contributed by atoms with Crippen LogP contribution in [0.5, 0.6) is 0 Å². The molecule has 7 heteroatoms. The lowest BCUT2D eigenvalue weighted by Gasteiger charge is -2.36. The van der Waals surface area contributed by atoms with Crippen molar-refractivity contribution in [2.45, 2.75) is 13.1 Å². The second kappa shape index (κ2) is 5.79. The summed E-state index contributed by atoms with van der Waals surface area (Å²) in [7, 11) is 0. The number of aromatic nitrogens is 1. The molecule has 1 aromatic carbocycles. The van der Waals surface area contributed by atoms with E-state index in [1.54, 1.807) is 29.7 Å². The van der Waals surface area contributed by atoms with Crippen LogP contribution in [0.25, 0.3) is 0 Å². The molecule has 1 aliphatic rings. The Morgan fingerprint density at radius 3 is 2.36 bits per heavy atom. The number of benzene rings is 1. The number of aryl methyl sites for hydroxylation is 1. The van der Waals surface area contributed by atoms with Crippen LogP contribution in [0.3, 0.4) is 0 Å². The van der Waals surface area contributed by atoms with Gasteiger partial charge in [-0.05, 0) is 24.6 Å². The van der Waals surface area contributed by atoms with Crippen molar-refractivity contribution < 1.29 is 13.2 Å². The molecular weight excluding hydrogens is 311 g/mol. The van der Waals surface area contributed by atoms with Crippen molar-refractivity contribution in [1.29, 1.82) is 0 Å². The number of hydrogen-bond acceptors (Lipinski definition) is 4. The van der Waals surface area contributed by atoms with E-state index in [1.807, 2.05) is 10.3 Å². The Morgan fingerprint density at radius 1 is 1.09 bits per heavy atom. The van der Waals surface area contributed by atoms with E-state index in [9.17, 15) is 13.2 Å². The fraction of sp³-hybridized carbons (Fsp3) is 0.400. The van der Waals surface area contributed by atoms with E-state index in [4.69, 9.17) is 0 Å². The predicted molar refractivity (Wildman–Crippen MR) is 82.7 cm³/mol. The SMILES string of the molecule is Cc1ccc(N2CCN(c3nccs3)CC2)cc1C(F)(F)F. The number of anilines is 2. The minimum absolute atomic E-state index is 0.262. The molecule has 22 heavy (non-hydrogen) atoms. The minimum atomic E-state index is -4.30. The zero-order valence-corrected chi connectivity index (χ0v) is 12.9. The Bertz CT molecular complexity index is 632. The summed E-state index contributed by atoms with van der Waals surface area (Å²) < 4.78 is 39.0. The molecule has 0 aliphatic carbocycles. The van der Waals surface area contributed by atoms with Crippen LogP contribution in [-0.2, 0) is 6.18 Å². The summed E-state index contributed by atoms with van der Waals surface area (Å²) >= 11 is 1.58. The maximum absolute atomic E-state index is 13.0. The van der Waals surface area contributed by atoms with Crippen molar-refractivity contribution in [1.82, 2.24) is 4.98 Å². The van der Waals surface area contributed by atoms with Crippen LogP contribution in [0.2, 0.25) is 0 Å². The van der Waals surface area contributed by atoms with Crippen LogP contribution in [-0.4, -0.2) is 31.2 Å². The first-order valence-electron chi connectivity index (χ1n) is 7.02. The normalized spacial score (nSPS) is 16.2. The lowest BCUT2D eigenvalue weighted by molar-refractivity contribution is -0.138. The lowest BCUT2D eigenvalue weighted by atomic mass is 10.1. The maximum Gasteiger partial charge on any atom is 0.416 e. The molecular formula is C15H16F3N3S. The second-order valence-corrected chi connectivity index (χ2v) is 6.16. The van der Waals surface area contributed by atoms with Crippen molar-refractivity contribution >= 4 is 22.2 Å². The molecule has 2 heterocycles. The van der Waals surface area contributed by atoms with Gasteiger partial charge in [-0.25, -0.2) is 4.98 Å². The number of nitrogens with zero attached hydrogens (tertiary/aromatic N) is 3. The summed E-state index contributed by atoms with van der Waals surface area (Å²) in [6.45, 7) is 4.42. The number of piperazine rings is 1. The number of thiazole rings is 1. The van der Waals surface area contributed by atoms with E-state index in [-0.39, 0.29) is 5.56 Å². The second-order valence-electron chi connectivity index (χ2n) is 5.29. The van der Waals surface area contributed by atoms with Gasteiger partial charge in [0.25, 0.3) is 0 Å². The molecule has 1 fully saturated rings. The highest BCUT2D eigenvalue weighted by Gasteiger charge is 2.33. The Kier molecular flexibility index (Phi) is 3.99. The van der Waals surface area contributed by atoms with E-state index in [0.29, 0.717) is 18.8 Å². The molecule has 2 aromatic rings. The summed E-state index contributed by atoms with van der Waals surface area (Å²) in [5.41, 5.74) is 0.349. The van der Waals surface area contributed by atoms with Crippen molar-refractivity contribution in [3.63, 3.8) is 0 Å². The summed E-state index contributed by atoms with van der Waals surface area (Å²) in [5, 5.41) is 2.90. The smallest absolute Gasteiger partial charge is 0.368 e. The average molecular weight is 327 g/mol. The highest BCUT2D eigenvalue weighted by atomic mass is 32.1. The molecule has 0 spiro atoms. The van der Waals surface area contributed by atoms with E-state index in [0.717, 1.165) is 18.2 Å². The van der Waals surface area contributed by atoms with Crippen LogP contribution in [0.15, 0.2) is 29.8 Å². The zero-order chi connectivity index (χ0) is 15.7. The molecule has 3 nitrogen and oxygen atoms in total. The summed E-state index contributed by atoms with van der Waals surface area (Å²) in [5.74, 6) is 0. The van der Waals surface area contributed by atoms with Gasteiger partial charge in [0.05, 0.1) is 5.56 Å². The Morgan fingerprint density at radius 2 is 1.77 bits per heavy atom. The monoisotopic (exact) mass is 327 g/mol. The topological polar surface area (TPSA) is 19.4 Å². The van der Waals surface area contributed by atoms with Gasteiger partial charge in [-0.1, -0.05) is 6.07 Å². The third kappa shape index (κ3) is 3.04. The molecule has 1 aromatic heterocycles. The first-order chi connectivity index (χ1) is 10.4. The summed E-state index contributed by atoms with van der Waals surface area (Å²) in [6, 6.07) is 4.57. The molecule has 0 N–H and O–H groups in total. The third-order valence-electron chi connectivity index (χ3n) is 3.86. The van der Waals surface area contributed by atoms with Crippen LogP contribution in [0, 0.1) is 6.92 Å². The lowest BCUT2D eigenvalue weighted by Crippen LogP contribution is -2.46. The Labute approximate surface area is 131 Å². The quantitative estimate of drug-likeness (QED) is 0.836. The highest BCUT2D eigenvalue weighted by Crippen LogP contribution is 2.34. The number of alkyl halides is 3. The van der Waals surface area contributed by atoms with Gasteiger partial charge in [0, 0.05) is 43.4 Å². The maximum atomic E-state index is 13.0. The Balaban J connectivity index is 1.74. The van der Waals surface area contributed by atoms with Crippen molar-refractivity contribution in [2.75, 3.05) is 36.0 Å². The van der Waals surface area contributed by atoms with Crippen molar-refractivity contribution in [3.05, 3.63) is 40.9 Å². The van der Waals surface area contributed by atoms with E-state index < -0.39 is 11.7 Å². The molecule has 0 saturated carbocycles. The largest absolute Gasteiger partial charge is 0.416 e. The van der Waals surface area contributed by atoms with Gasteiger partial charge in [-0.2, -0.15) is 13.2 Å². The van der Waals surface area contributed by atoms with E-state index in [1.165, 1.54) is 13.0 Å². The highest BCUT2D eigenvalue weighted by molar-refractivity contribution is 7.13. The summed E-state index contributed by atoms with van der Waals surface area (Å²) in [6.07, 6.45) is -2.54. The van der Waals surface area contributed by atoms with Crippen LogP contribution in [0.1, 0.15) is 11.1 Å². The van der Waals surface area contributed by atoms with E-state index >= 15 is 0 Å². The first kappa shape index (κ1) is 15.1. The molecule has 0 atom stereocenters. The van der Waals surface area contributed by atoms with Crippen LogP contribution in [0.4, 0.5) is 24.0 Å². The fourth-order valence-corrected chi connectivity index (χ4v) is 3.34. The molecule has 0 radical (unpaired) electrons. The van der Waals surface area contributed by atoms with Crippen molar-refractivity contribution in [3.8, 4) is 0 Å². The van der Waals surface area contributed by atoms with Gasteiger partial charge in [0.1, 0.15) is 0 Å². The van der Waals surface area contributed by atoms with Gasteiger partial charge in [-0.15, -0.1) is 11.3 Å². The molecule has 0 unspecified atom stereocenters. The van der Waals surface area contributed by atoms with Gasteiger partial charge in [0.2, 0.25) is 0 Å². The zero-order valence-electron chi connectivity index (χ0n) is 12.1. The molecule has 3 rings (SSSR count). The summed E-state index contributed by atoms with van der Waals surface area (Å²) in [4.78, 5) is 8.44. The molecule has 1 saturated heterocycles. The van der Waals surface area contributed by atoms with Gasteiger partial charge in [0.15, 0.2) is 5.13 Å². The Hall–Kier alpha value is -1.76. The number of halogens is 3. The average Bonchev–Trinajstić information content (AvgIpc) is 3.01. The minimum Gasteiger partial charge on any atom is -0.368 e. The molecule has 1 aliphatic heterocycles. The predicted octanol–water partition coefficient (Wildman–Crippen LogP) is 3.80. The van der Waals surface area contributed by atoms with Gasteiger partial charge < -0.3 is 9.80 Å². The first-order valence-corrected chi connectivity index (χ1v) is 7.90. The number of hydrogen-bond donors (Lipinski definition) is 0. The van der Waals surface area contributed by atoms with Gasteiger partial charge >= 0.3 is 6.18 Å². The fourth-order valence-electron chi connectivity index (χ4n) is 2.64. The molecule has 0 amide bonds. The third-order valence-corrected chi connectivity index (χ3v) is 4.69. The van der Waals surface area contributed by atoms with Gasteiger partial charge in [-0.3, -0.25) is 0 Å². The number of rotatable bonds is 2. The molecule has 0 bridgehead atoms. The molecule has 118 valence electrons. The standard InChI is InChI=1S/C15H16F3N3S/c1-11-2-3-12(10-13(11)15(16,17)18)20-5-7-21(8-6-20)14-19-4-9-22-14/h2-4,9-10H,5-8H2,1H3. The van der Waals surface area contributed by atoms with Crippen molar-refractivity contribution in [2.24, 2.45) is 0 Å². The van der Waals surface area contributed by atoms with E-state index in [2.05, 4.69) is 9.88 Å². The van der Waals surface area contributed by atoms with Crippen LogP contribution < -0.4 is 9.80 Å².